The van der Waals surface area contributed by atoms with E-state index in [1.54, 1.807) is 28.8 Å². The molecule has 1 amide bonds. The van der Waals surface area contributed by atoms with Gasteiger partial charge in [0.2, 0.25) is 5.91 Å². The Labute approximate surface area is 243 Å². The fraction of sp³-hybridized carbons (Fsp3) is 0.485. The molecule has 3 fully saturated rings. The number of carboxylic acids is 1. The van der Waals surface area contributed by atoms with Gasteiger partial charge >= 0.3 is 5.97 Å². The minimum atomic E-state index is -1.00. The molecule has 0 bridgehead atoms. The summed E-state index contributed by atoms with van der Waals surface area (Å²) in [5.74, 6) is -0.338. The number of pyridine rings is 1. The number of nitrogens with zero attached hydrogens (tertiary/aromatic N) is 4. The van der Waals surface area contributed by atoms with Crippen LogP contribution >= 0.6 is 0 Å². The lowest BCUT2D eigenvalue weighted by Gasteiger charge is -2.36. The predicted molar refractivity (Wildman–Crippen MR) is 157 cm³/mol. The highest BCUT2D eigenvalue weighted by molar-refractivity contribution is 5.91. The van der Waals surface area contributed by atoms with Gasteiger partial charge in [-0.2, -0.15) is 5.10 Å². The average Bonchev–Trinajstić information content (AvgIpc) is 3.66. The van der Waals surface area contributed by atoms with Crippen molar-refractivity contribution < 1.29 is 24.2 Å². The third-order valence-corrected chi connectivity index (χ3v) is 9.78. The largest absolute Gasteiger partial charge is 0.478 e. The summed E-state index contributed by atoms with van der Waals surface area (Å²) in [4.78, 5) is 26.8. The maximum absolute atomic E-state index is 15.1. The number of fused-ring (bicyclic) bond motifs is 2. The van der Waals surface area contributed by atoms with Crippen molar-refractivity contribution in [1.29, 1.82) is 0 Å². The third kappa shape index (κ3) is 4.87. The Morgan fingerprint density at radius 2 is 1.74 bits per heavy atom. The number of likely N-dealkylation sites (tertiary alicyclic amines) is 1. The van der Waals surface area contributed by atoms with Gasteiger partial charge in [0.05, 0.1) is 28.4 Å². The van der Waals surface area contributed by atoms with Crippen LogP contribution in [0.25, 0.3) is 27.8 Å². The molecule has 1 aromatic carbocycles. The summed E-state index contributed by atoms with van der Waals surface area (Å²) in [6, 6.07) is 8.72. The molecule has 4 aromatic rings. The lowest BCUT2D eigenvalue weighted by Crippen LogP contribution is -2.42. The van der Waals surface area contributed by atoms with Crippen LogP contribution in [0.4, 0.5) is 4.39 Å². The van der Waals surface area contributed by atoms with E-state index in [1.165, 1.54) is 19.0 Å². The van der Waals surface area contributed by atoms with Crippen LogP contribution in [0.1, 0.15) is 78.8 Å². The van der Waals surface area contributed by atoms with Crippen molar-refractivity contribution in [2.75, 3.05) is 13.1 Å². The molecule has 7 rings (SSSR count). The molecular formula is C33H37FN4O4. The second-order valence-electron chi connectivity index (χ2n) is 12.6. The van der Waals surface area contributed by atoms with Gasteiger partial charge in [-0.3, -0.25) is 4.79 Å². The number of carboxylic acid groups (broad SMARTS) is 1. The number of aliphatic hydroxyl groups is 1. The normalized spacial score (nSPS) is 21.8. The van der Waals surface area contributed by atoms with Crippen LogP contribution in [0, 0.1) is 24.6 Å². The Morgan fingerprint density at radius 1 is 1.00 bits per heavy atom. The summed E-state index contributed by atoms with van der Waals surface area (Å²) in [7, 11) is 0. The third-order valence-electron chi connectivity index (χ3n) is 9.78. The first-order valence-corrected chi connectivity index (χ1v) is 15.3. The first-order valence-electron chi connectivity index (χ1n) is 15.3. The molecule has 42 heavy (non-hydrogen) atoms. The number of halogens is 1. The molecule has 3 aromatic heterocycles. The smallest absolute Gasteiger partial charge is 0.337 e. The number of aromatic nitrogens is 3. The van der Waals surface area contributed by atoms with Gasteiger partial charge in [-0.25, -0.2) is 13.7 Å². The summed E-state index contributed by atoms with van der Waals surface area (Å²) in [6.07, 6.45) is 8.06. The molecule has 0 unspecified atom stereocenters. The van der Waals surface area contributed by atoms with Gasteiger partial charge in [0.15, 0.2) is 0 Å². The number of piperidine rings is 1. The summed E-state index contributed by atoms with van der Waals surface area (Å²) in [5, 5.41) is 25.0. The molecule has 1 saturated heterocycles. The fourth-order valence-corrected chi connectivity index (χ4v) is 7.20. The fourth-order valence-electron chi connectivity index (χ4n) is 7.20. The minimum Gasteiger partial charge on any atom is -0.478 e. The van der Waals surface area contributed by atoms with Gasteiger partial charge in [0.1, 0.15) is 11.5 Å². The highest BCUT2D eigenvalue weighted by Gasteiger charge is 2.33. The van der Waals surface area contributed by atoms with Crippen LogP contribution in [-0.4, -0.2) is 60.4 Å². The summed E-state index contributed by atoms with van der Waals surface area (Å²) in [6.45, 7) is 4.15. The zero-order valence-corrected chi connectivity index (χ0v) is 23.9. The van der Waals surface area contributed by atoms with E-state index in [1.807, 2.05) is 17.9 Å². The monoisotopic (exact) mass is 572 g/mol. The summed E-state index contributed by atoms with van der Waals surface area (Å²) >= 11 is 0. The van der Waals surface area contributed by atoms with Crippen LogP contribution in [0.5, 0.6) is 0 Å². The maximum Gasteiger partial charge on any atom is 0.337 e. The van der Waals surface area contributed by atoms with Crippen molar-refractivity contribution in [2.45, 2.75) is 76.9 Å². The number of aryl methyl sites for hydroxylation is 1. The molecule has 8 nitrogen and oxygen atoms in total. The van der Waals surface area contributed by atoms with Crippen molar-refractivity contribution >= 4 is 28.3 Å². The molecule has 9 heteroatoms. The first kappa shape index (κ1) is 27.1. The van der Waals surface area contributed by atoms with E-state index in [0.717, 1.165) is 71.2 Å². The van der Waals surface area contributed by atoms with Crippen molar-refractivity contribution in [2.24, 2.45) is 11.8 Å². The minimum absolute atomic E-state index is 0.00408. The molecule has 220 valence electrons. The molecule has 3 aliphatic rings. The molecule has 0 spiro atoms. The van der Waals surface area contributed by atoms with Crippen molar-refractivity contribution in [3.05, 3.63) is 59.0 Å². The van der Waals surface area contributed by atoms with E-state index < -0.39 is 5.97 Å². The van der Waals surface area contributed by atoms with Gasteiger partial charge in [-0.1, -0.05) is 0 Å². The number of hydrogen-bond acceptors (Lipinski definition) is 4. The van der Waals surface area contributed by atoms with Crippen molar-refractivity contribution in [3.8, 4) is 11.4 Å². The average molecular weight is 573 g/mol. The Bertz CT molecular complexity index is 1690. The number of aromatic carboxylic acids is 1. The molecular weight excluding hydrogens is 535 g/mol. The topological polar surface area (TPSA) is 100 Å². The quantitative estimate of drug-likeness (QED) is 0.306. The molecule has 1 aliphatic heterocycles. The Morgan fingerprint density at radius 3 is 2.43 bits per heavy atom. The van der Waals surface area contributed by atoms with Crippen LogP contribution in [-0.2, 0) is 11.3 Å². The SMILES string of the molecule is Cc1c(-c2cc3cc(F)cc(C4CCN(C(=O)C5CCC(O)CC5)CC4)c3n2CC2CC2)nn2cc(C(=O)O)ccc12. The van der Waals surface area contributed by atoms with Crippen LogP contribution < -0.4 is 0 Å². The summed E-state index contributed by atoms with van der Waals surface area (Å²) < 4.78 is 19.1. The lowest BCUT2D eigenvalue weighted by molar-refractivity contribution is -0.138. The highest BCUT2D eigenvalue weighted by Crippen LogP contribution is 2.42. The standard InChI is InChI=1S/C33H37FN4O4/c1-19-28-9-6-23(33(41)42)18-38(28)35-30(19)29-15-24-14-25(34)16-27(31(24)37(29)17-20-2-3-20)21-10-12-36(13-11-21)32(40)22-4-7-26(39)8-5-22/h6,9,14-16,18,20-22,26,39H,2-5,7-8,10-13,17H2,1H3,(H,41,42). The van der Waals surface area contributed by atoms with E-state index in [9.17, 15) is 19.8 Å². The Kier molecular flexibility index (Phi) is 6.80. The number of carbonyl (C=O) groups excluding carboxylic acids is 1. The van der Waals surface area contributed by atoms with Gasteiger partial charge in [-0.05, 0) is 106 Å². The van der Waals surface area contributed by atoms with Gasteiger partial charge in [0.25, 0.3) is 0 Å². The van der Waals surface area contributed by atoms with E-state index in [-0.39, 0.29) is 35.2 Å². The van der Waals surface area contributed by atoms with Crippen molar-refractivity contribution in [3.63, 3.8) is 0 Å². The summed E-state index contributed by atoms with van der Waals surface area (Å²) in [5.41, 5.74) is 5.72. The number of aliphatic hydroxyl groups excluding tert-OH is 1. The highest BCUT2D eigenvalue weighted by atomic mass is 19.1. The molecule has 2 saturated carbocycles. The number of rotatable bonds is 6. The van der Waals surface area contributed by atoms with E-state index >= 15 is 4.39 Å². The maximum atomic E-state index is 15.1. The zero-order valence-electron chi connectivity index (χ0n) is 23.9. The van der Waals surface area contributed by atoms with Gasteiger partial charge in [-0.15, -0.1) is 0 Å². The second kappa shape index (κ2) is 10.5. The molecule has 2 aliphatic carbocycles. The van der Waals surface area contributed by atoms with Crippen LogP contribution in [0.15, 0.2) is 36.5 Å². The van der Waals surface area contributed by atoms with Gasteiger partial charge in [0, 0.05) is 42.7 Å². The number of amides is 1. The number of hydrogen-bond donors (Lipinski definition) is 2. The first-order chi connectivity index (χ1) is 20.3. The molecule has 2 N–H and O–H groups in total. The molecule has 4 heterocycles. The molecule has 0 radical (unpaired) electrons. The Balaban J connectivity index is 1.24. The van der Waals surface area contributed by atoms with E-state index in [2.05, 4.69) is 4.57 Å². The van der Waals surface area contributed by atoms with E-state index in [0.29, 0.717) is 31.8 Å². The van der Waals surface area contributed by atoms with Crippen molar-refractivity contribution in [1.82, 2.24) is 19.1 Å². The van der Waals surface area contributed by atoms with Crippen LogP contribution in [0.2, 0.25) is 0 Å². The number of benzene rings is 1. The zero-order chi connectivity index (χ0) is 29.1. The second-order valence-corrected chi connectivity index (χ2v) is 12.6. The Hall–Kier alpha value is -3.72. The number of carbonyl (C=O) groups is 2. The molecule has 0 atom stereocenters. The lowest BCUT2D eigenvalue weighted by atomic mass is 9.84. The predicted octanol–water partition coefficient (Wildman–Crippen LogP) is 5.77. The van der Waals surface area contributed by atoms with Crippen LogP contribution in [0.3, 0.4) is 0 Å². The van der Waals surface area contributed by atoms with Gasteiger partial charge < -0.3 is 19.7 Å². The van der Waals surface area contributed by atoms with E-state index in [4.69, 9.17) is 5.10 Å².